The van der Waals surface area contributed by atoms with Crippen molar-refractivity contribution in [2.75, 3.05) is 14.2 Å². The molecule has 1 amide bonds. The van der Waals surface area contributed by atoms with E-state index in [1.54, 1.807) is 19.1 Å². The molecule has 1 heterocycles. The van der Waals surface area contributed by atoms with Crippen molar-refractivity contribution in [1.29, 1.82) is 0 Å². The monoisotopic (exact) mass is 400 g/mol. The second-order valence-electron chi connectivity index (χ2n) is 6.56. The van der Waals surface area contributed by atoms with E-state index in [1.165, 1.54) is 11.8 Å². The predicted octanol–water partition coefficient (Wildman–Crippen LogP) is 5.60. The van der Waals surface area contributed by atoms with Gasteiger partial charge in [0.25, 0.3) is 5.91 Å². The number of rotatable bonds is 4. The Labute approximate surface area is 174 Å². The second kappa shape index (κ2) is 8.37. The number of nitrogens with zero attached hydrogens (tertiary/aromatic N) is 2. The van der Waals surface area contributed by atoms with Crippen molar-refractivity contribution in [1.82, 2.24) is 4.90 Å². The van der Waals surface area contributed by atoms with E-state index in [9.17, 15) is 4.79 Å². The van der Waals surface area contributed by atoms with Gasteiger partial charge >= 0.3 is 0 Å². The SMILES string of the molecule is COc1cccc(-c2cccc(/C=C3\S/C(=N/c4ccccc4)N(C)C3=O)c2)c1. The van der Waals surface area contributed by atoms with Crippen LogP contribution in [0, 0.1) is 0 Å². The van der Waals surface area contributed by atoms with Crippen molar-refractivity contribution >= 4 is 34.6 Å². The van der Waals surface area contributed by atoms with Gasteiger partial charge in [-0.3, -0.25) is 9.69 Å². The van der Waals surface area contributed by atoms with Crippen LogP contribution < -0.4 is 4.74 Å². The Morgan fingerprint density at radius 2 is 1.66 bits per heavy atom. The molecule has 1 aliphatic heterocycles. The topological polar surface area (TPSA) is 41.9 Å². The number of amidine groups is 1. The van der Waals surface area contributed by atoms with E-state index in [4.69, 9.17) is 4.74 Å². The van der Waals surface area contributed by atoms with E-state index in [2.05, 4.69) is 17.1 Å². The lowest BCUT2D eigenvalue weighted by Crippen LogP contribution is -2.23. The van der Waals surface area contributed by atoms with E-state index in [0.717, 1.165) is 28.1 Å². The molecule has 0 aliphatic carbocycles. The van der Waals surface area contributed by atoms with E-state index < -0.39 is 0 Å². The summed E-state index contributed by atoms with van der Waals surface area (Å²) in [6.07, 6.45) is 1.92. The zero-order valence-electron chi connectivity index (χ0n) is 16.2. The Balaban J connectivity index is 1.63. The summed E-state index contributed by atoms with van der Waals surface area (Å²) in [6, 6.07) is 25.7. The molecule has 0 spiro atoms. The molecule has 4 rings (SSSR count). The maximum absolute atomic E-state index is 12.7. The van der Waals surface area contributed by atoms with Gasteiger partial charge in [-0.05, 0) is 64.9 Å². The highest BCUT2D eigenvalue weighted by atomic mass is 32.2. The molecule has 3 aromatic carbocycles. The molecule has 0 N–H and O–H groups in total. The van der Waals surface area contributed by atoms with Gasteiger partial charge in [0.15, 0.2) is 5.17 Å². The van der Waals surface area contributed by atoms with Crippen LogP contribution >= 0.6 is 11.8 Å². The Hall–Kier alpha value is -3.31. The van der Waals surface area contributed by atoms with Crippen molar-refractivity contribution in [3.63, 3.8) is 0 Å². The highest BCUT2D eigenvalue weighted by molar-refractivity contribution is 8.18. The summed E-state index contributed by atoms with van der Waals surface area (Å²) >= 11 is 1.39. The number of benzene rings is 3. The molecule has 0 radical (unpaired) electrons. The maximum atomic E-state index is 12.7. The zero-order valence-corrected chi connectivity index (χ0v) is 17.0. The van der Waals surface area contributed by atoms with Crippen LogP contribution in [0.4, 0.5) is 5.69 Å². The van der Waals surface area contributed by atoms with Crippen LogP contribution in [0.25, 0.3) is 17.2 Å². The number of hydrogen-bond donors (Lipinski definition) is 0. The summed E-state index contributed by atoms with van der Waals surface area (Å²) in [5, 5.41) is 0.677. The standard InChI is InChI=1S/C24H20N2O2S/c1-26-23(27)22(29-24(26)25-20-11-4-3-5-12-20)15-17-8-6-9-18(14-17)19-10-7-13-21(16-19)28-2/h3-16H,1-2H3/b22-15-,25-24+. The smallest absolute Gasteiger partial charge is 0.266 e. The van der Waals surface area contributed by atoms with Gasteiger partial charge in [0.2, 0.25) is 0 Å². The first-order valence-corrected chi connectivity index (χ1v) is 10.0. The number of carbonyl (C=O) groups excluding carboxylic acids is 1. The van der Waals surface area contributed by atoms with Gasteiger partial charge in [-0.2, -0.15) is 0 Å². The fraction of sp³-hybridized carbons (Fsp3) is 0.0833. The van der Waals surface area contributed by atoms with Gasteiger partial charge in [0.05, 0.1) is 17.7 Å². The third-order valence-corrected chi connectivity index (χ3v) is 5.63. The minimum atomic E-state index is -0.0449. The Bertz CT molecular complexity index is 1110. The van der Waals surface area contributed by atoms with Gasteiger partial charge in [0, 0.05) is 7.05 Å². The molecule has 4 nitrogen and oxygen atoms in total. The lowest BCUT2D eigenvalue weighted by atomic mass is 10.0. The fourth-order valence-electron chi connectivity index (χ4n) is 3.03. The molecule has 1 saturated heterocycles. The van der Waals surface area contributed by atoms with Gasteiger partial charge in [0.1, 0.15) is 5.75 Å². The molecule has 3 aromatic rings. The van der Waals surface area contributed by atoms with E-state index in [-0.39, 0.29) is 5.91 Å². The predicted molar refractivity (Wildman–Crippen MR) is 120 cm³/mol. The Morgan fingerprint density at radius 3 is 2.41 bits per heavy atom. The van der Waals surface area contributed by atoms with Gasteiger partial charge in [-0.1, -0.05) is 48.5 Å². The van der Waals surface area contributed by atoms with Gasteiger partial charge in [-0.25, -0.2) is 4.99 Å². The number of ether oxygens (including phenoxy) is 1. The normalized spacial score (nSPS) is 16.6. The highest BCUT2D eigenvalue weighted by Gasteiger charge is 2.30. The number of para-hydroxylation sites is 1. The molecule has 144 valence electrons. The minimum Gasteiger partial charge on any atom is -0.497 e. The van der Waals surface area contributed by atoms with Gasteiger partial charge < -0.3 is 4.74 Å². The summed E-state index contributed by atoms with van der Waals surface area (Å²) < 4.78 is 5.32. The number of thioether (sulfide) groups is 1. The lowest BCUT2D eigenvalue weighted by molar-refractivity contribution is -0.121. The first kappa shape index (κ1) is 19.0. The quantitative estimate of drug-likeness (QED) is 0.536. The number of carbonyl (C=O) groups is 1. The van der Waals surface area contributed by atoms with E-state index >= 15 is 0 Å². The molecule has 5 heteroatoms. The first-order chi connectivity index (χ1) is 14.1. The molecule has 0 bridgehead atoms. The molecule has 0 atom stereocenters. The van der Waals surface area contributed by atoms with Crippen LogP contribution in [0.15, 0.2) is 88.8 Å². The summed E-state index contributed by atoms with van der Waals surface area (Å²) in [4.78, 5) is 19.5. The zero-order chi connectivity index (χ0) is 20.2. The molecule has 1 fully saturated rings. The second-order valence-corrected chi connectivity index (χ2v) is 7.57. The molecule has 29 heavy (non-hydrogen) atoms. The molecule has 0 aromatic heterocycles. The summed E-state index contributed by atoms with van der Waals surface area (Å²) in [5.74, 6) is 0.771. The Kier molecular flexibility index (Phi) is 5.49. The summed E-state index contributed by atoms with van der Waals surface area (Å²) in [6.45, 7) is 0. The average molecular weight is 401 g/mol. The average Bonchev–Trinajstić information content (AvgIpc) is 3.02. The van der Waals surface area contributed by atoms with Crippen LogP contribution in [0.1, 0.15) is 5.56 Å². The van der Waals surface area contributed by atoms with Crippen molar-refractivity contribution in [3.8, 4) is 16.9 Å². The minimum absolute atomic E-state index is 0.0449. The molecule has 1 aliphatic rings. The Morgan fingerprint density at radius 1 is 0.931 bits per heavy atom. The fourth-order valence-corrected chi connectivity index (χ4v) is 4.01. The molecular formula is C24H20N2O2S. The van der Waals surface area contributed by atoms with Crippen LogP contribution in [-0.2, 0) is 4.79 Å². The van der Waals surface area contributed by atoms with Crippen LogP contribution in [0.2, 0.25) is 0 Å². The van der Waals surface area contributed by atoms with Crippen molar-refractivity contribution < 1.29 is 9.53 Å². The number of hydrogen-bond acceptors (Lipinski definition) is 4. The summed E-state index contributed by atoms with van der Waals surface area (Å²) in [5.41, 5.74) is 3.94. The van der Waals surface area contributed by atoms with Crippen molar-refractivity contribution in [2.24, 2.45) is 4.99 Å². The first-order valence-electron chi connectivity index (χ1n) is 9.20. The maximum Gasteiger partial charge on any atom is 0.266 e. The number of likely N-dealkylation sites (N-methyl/N-ethyl adjacent to an activating group) is 1. The molecular weight excluding hydrogens is 380 g/mol. The van der Waals surface area contributed by atoms with E-state index in [0.29, 0.717) is 10.1 Å². The third kappa shape index (κ3) is 4.25. The van der Waals surface area contributed by atoms with Crippen molar-refractivity contribution in [3.05, 3.63) is 89.3 Å². The molecule has 0 unspecified atom stereocenters. The largest absolute Gasteiger partial charge is 0.497 e. The number of aliphatic imine (C=N–C) groups is 1. The lowest BCUT2D eigenvalue weighted by Gasteiger charge is -2.07. The number of methoxy groups -OCH3 is 1. The van der Waals surface area contributed by atoms with Crippen LogP contribution in [0.3, 0.4) is 0 Å². The molecule has 0 saturated carbocycles. The number of amides is 1. The van der Waals surface area contributed by atoms with Crippen LogP contribution in [0.5, 0.6) is 5.75 Å². The highest BCUT2D eigenvalue weighted by Crippen LogP contribution is 2.34. The van der Waals surface area contributed by atoms with Gasteiger partial charge in [-0.15, -0.1) is 0 Å². The third-order valence-electron chi connectivity index (χ3n) is 4.57. The summed E-state index contributed by atoms with van der Waals surface area (Å²) in [7, 11) is 3.42. The van der Waals surface area contributed by atoms with Crippen molar-refractivity contribution in [2.45, 2.75) is 0 Å². The van der Waals surface area contributed by atoms with E-state index in [1.807, 2.05) is 72.8 Å². The van der Waals surface area contributed by atoms with Crippen LogP contribution in [-0.4, -0.2) is 30.1 Å².